The van der Waals surface area contributed by atoms with Gasteiger partial charge in [-0.2, -0.15) is 0 Å². The van der Waals surface area contributed by atoms with Crippen LogP contribution in [0.3, 0.4) is 0 Å². The Kier molecular flexibility index (Phi) is 5.08. The molecule has 2 aromatic carbocycles. The number of amides is 2. The third-order valence-corrected chi connectivity index (χ3v) is 5.10. The molecule has 1 N–H and O–H groups in total. The van der Waals surface area contributed by atoms with Crippen LogP contribution in [0.5, 0.6) is 0 Å². The third kappa shape index (κ3) is 3.11. The lowest BCUT2D eigenvalue weighted by Crippen LogP contribution is -2.32. The van der Waals surface area contributed by atoms with Gasteiger partial charge in [0.25, 0.3) is 11.8 Å². The highest BCUT2D eigenvalue weighted by Gasteiger charge is 2.39. The molecular weight excluding hydrogens is 371 g/mol. The van der Waals surface area contributed by atoms with Gasteiger partial charge in [-0.25, -0.2) is 0 Å². The quantitative estimate of drug-likeness (QED) is 0.763. The van der Waals surface area contributed by atoms with Crippen molar-refractivity contribution >= 4 is 46.3 Å². The van der Waals surface area contributed by atoms with Gasteiger partial charge in [0.15, 0.2) is 0 Å². The van der Waals surface area contributed by atoms with E-state index in [9.17, 15) is 9.59 Å². The topological polar surface area (TPSA) is 49.4 Å². The summed E-state index contributed by atoms with van der Waals surface area (Å²) in [5.41, 5.74) is 3.86. The summed E-state index contributed by atoms with van der Waals surface area (Å²) in [4.78, 5) is 26.9. The van der Waals surface area contributed by atoms with E-state index in [2.05, 4.69) is 5.32 Å². The van der Waals surface area contributed by atoms with E-state index in [0.717, 1.165) is 16.8 Å². The number of benzene rings is 2. The van der Waals surface area contributed by atoms with E-state index in [1.165, 1.54) is 4.90 Å². The Labute approximate surface area is 162 Å². The van der Waals surface area contributed by atoms with Crippen LogP contribution in [0.25, 0.3) is 5.57 Å². The van der Waals surface area contributed by atoms with Crippen LogP contribution in [0.1, 0.15) is 23.6 Å². The second-order valence-electron chi connectivity index (χ2n) is 6.10. The minimum absolute atomic E-state index is 0.231. The van der Waals surface area contributed by atoms with E-state index in [1.807, 2.05) is 32.0 Å². The highest BCUT2D eigenvalue weighted by atomic mass is 35.5. The molecule has 2 aromatic rings. The zero-order chi connectivity index (χ0) is 19.0. The molecule has 2 amide bonds. The molecule has 1 aliphatic heterocycles. The van der Waals surface area contributed by atoms with Crippen LogP contribution in [-0.4, -0.2) is 23.3 Å². The summed E-state index contributed by atoms with van der Waals surface area (Å²) in [6.07, 6.45) is 0. The van der Waals surface area contributed by atoms with E-state index in [-0.39, 0.29) is 29.6 Å². The lowest BCUT2D eigenvalue weighted by molar-refractivity contribution is -0.136. The predicted molar refractivity (Wildman–Crippen MR) is 105 cm³/mol. The molecule has 3 rings (SSSR count). The molecular formula is C20H18Cl2N2O2. The van der Waals surface area contributed by atoms with Gasteiger partial charge in [-0.05, 0) is 50.1 Å². The molecule has 6 heteroatoms. The van der Waals surface area contributed by atoms with Crippen molar-refractivity contribution in [1.82, 2.24) is 4.90 Å². The minimum Gasteiger partial charge on any atom is -0.350 e. The first-order valence-electron chi connectivity index (χ1n) is 8.24. The van der Waals surface area contributed by atoms with E-state index >= 15 is 0 Å². The molecule has 0 aliphatic carbocycles. The van der Waals surface area contributed by atoms with Gasteiger partial charge in [-0.3, -0.25) is 14.5 Å². The highest BCUT2D eigenvalue weighted by Crippen LogP contribution is 2.35. The normalized spacial score (nSPS) is 14.4. The summed E-state index contributed by atoms with van der Waals surface area (Å²) in [6.45, 7) is 6.00. The molecule has 1 aliphatic rings. The van der Waals surface area contributed by atoms with Crippen molar-refractivity contribution in [2.45, 2.75) is 20.8 Å². The first-order valence-corrected chi connectivity index (χ1v) is 8.99. The summed E-state index contributed by atoms with van der Waals surface area (Å²) in [5.74, 6) is -0.728. The van der Waals surface area contributed by atoms with Gasteiger partial charge in [0.2, 0.25) is 0 Å². The number of likely N-dealkylation sites (N-methyl/N-ethyl adjacent to an activating group) is 1. The van der Waals surface area contributed by atoms with Crippen molar-refractivity contribution in [1.29, 1.82) is 0 Å². The van der Waals surface area contributed by atoms with Crippen molar-refractivity contribution in [2.24, 2.45) is 0 Å². The Morgan fingerprint density at radius 1 is 1.04 bits per heavy atom. The molecule has 0 spiro atoms. The largest absolute Gasteiger partial charge is 0.350 e. The number of imide groups is 1. The van der Waals surface area contributed by atoms with Crippen LogP contribution in [0.15, 0.2) is 42.1 Å². The van der Waals surface area contributed by atoms with E-state index < -0.39 is 0 Å². The minimum atomic E-state index is -0.366. The second-order valence-corrected chi connectivity index (χ2v) is 6.94. The average molecular weight is 389 g/mol. The lowest BCUT2D eigenvalue weighted by Gasteiger charge is -2.14. The van der Waals surface area contributed by atoms with Gasteiger partial charge in [-0.15, -0.1) is 0 Å². The van der Waals surface area contributed by atoms with Crippen LogP contribution in [0.2, 0.25) is 10.0 Å². The van der Waals surface area contributed by atoms with Crippen molar-refractivity contribution in [3.8, 4) is 0 Å². The molecule has 0 saturated heterocycles. The smallest absolute Gasteiger partial charge is 0.278 e. The number of halogens is 2. The summed E-state index contributed by atoms with van der Waals surface area (Å²) in [7, 11) is 0. The monoisotopic (exact) mass is 388 g/mol. The van der Waals surface area contributed by atoms with Gasteiger partial charge in [0.05, 0.1) is 10.6 Å². The fourth-order valence-electron chi connectivity index (χ4n) is 2.94. The highest BCUT2D eigenvalue weighted by molar-refractivity contribution is 6.41. The molecule has 26 heavy (non-hydrogen) atoms. The van der Waals surface area contributed by atoms with Crippen LogP contribution in [0.4, 0.5) is 5.69 Å². The summed E-state index contributed by atoms with van der Waals surface area (Å²) >= 11 is 12.3. The number of rotatable bonds is 4. The van der Waals surface area contributed by atoms with Gasteiger partial charge in [0.1, 0.15) is 5.70 Å². The van der Waals surface area contributed by atoms with Gasteiger partial charge >= 0.3 is 0 Å². The molecule has 0 unspecified atom stereocenters. The zero-order valence-corrected chi connectivity index (χ0v) is 16.2. The van der Waals surface area contributed by atoms with Crippen LogP contribution >= 0.6 is 23.2 Å². The molecule has 0 saturated carbocycles. The maximum absolute atomic E-state index is 12.9. The number of nitrogens with one attached hydrogen (secondary N) is 1. The Bertz CT molecular complexity index is 951. The molecule has 0 atom stereocenters. The van der Waals surface area contributed by atoms with Crippen molar-refractivity contribution in [3.05, 3.63) is 68.8 Å². The zero-order valence-electron chi connectivity index (χ0n) is 14.7. The van der Waals surface area contributed by atoms with Crippen molar-refractivity contribution in [3.63, 3.8) is 0 Å². The maximum atomic E-state index is 12.9. The Balaban J connectivity index is 2.17. The second kappa shape index (κ2) is 7.14. The molecule has 0 bridgehead atoms. The maximum Gasteiger partial charge on any atom is 0.278 e. The molecule has 0 fully saturated rings. The number of carbonyl (C=O) groups excluding carboxylic acids is 2. The van der Waals surface area contributed by atoms with E-state index in [0.29, 0.717) is 15.6 Å². The Morgan fingerprint density at radius 2 is 1.77 bits per heavy atom. The van der Waals surface area contributed by atoms with Crippen LogP contribution in [-0.2, 0) is 9.59 Å². The SMILES string of the molecule is CCN1C(=O)C(Nc2cccc(C)c2C)=C(c2ccc(Cl)cc2Cl)C1=O. The average Bonchev–Trinajstić information content (AvgIpc) is 2.82. The first kappa shape index (κ1) is 18.5. The molecule has 1 heterocycles. The number of aryl methyl sites for hydroxylation is 1. The van der Waals surface area contributed by atoms with Gasteiger partial charge < -0.3 is 5.32 Å². The van der Waals surface area contributed by atoms with Crippen molar-refractivity contribution in [2.75, 3.05) is 11.9 Å². The molecule has 134 valence electrons. The number of nitrogens with zero attached hydrogens (tertiary/aromatic N) is 1. The number of hydrogen-bond donors (Lipinski definition) is 1. The van der Waals surface area contributed by atoms with Gasteiger partial charge in [0, 0.05) is 22.8 Å². The van der Waals surface area contributed by atoms with Crippen molar-refractivity contribution < 1.29 is 9.59 Å². The fourth-order valence-corrected chi connectivity index (χ4v) is 3.45. The molecule has 0 aromatic heterocycles. The summed E-state index contributed by atoms with van der Waals surface area (Å²) < 4.78 is 0. The molecule has 4 nitrogen and oxygen atoms in total. The number of anilines is 1. The Morgan fingerprint density at radius 3 is 2.42 bits per heavy atom. The summed E-state index contributed by atoms with van der Waals surface area (Å²) in [5, 5.41) is 3.95. The van der Waals surface area contributed by atoms with Gasteiger partial charge in [-0.1, -0.05) is 41.4 Å². The standard InChI is InChI=1S/C20H18Cl2N2O2/c1-4-24-19(25)17(14-9-8-13(21)10-15(14)22)18(20(24)26)23-16-7-5-6-11(2)12(16)3/h5-10,23H,4H2,1-3H3. The lowest BCUT2D eigenvalue weighted by atomic mass is 10.0. The fraction of sp³-hybridized carbons (Fsp3) is 0.200. The predicted octanol–water partition coefficient (Wildman–Crippen LogP) is 4.82. The Hall–Kier alpha value is -2.30. The number of carbonyl (C=O) groups is 2. The number of hydrogen-bond acceptors (Lipinski definition) is 3. The third-order valence-electron chi connectivity index (χ3n) is 4.55. The van der Waals surface area contributed by atoms with E-state index in [4.69, 9.17) is 23.2 Å². The van der Waals surface area contributed by atoms with Crippen LogP contribution in [0, 0.1) is 13.8 Å². The molecule has 0 radical (unpaired) electrons. The summed E-state index contributed by atoms with van der Waals surface area (Å²) in [6, 6.07) is 10.6. The van der Waals surface area contributed by atoms with Crippen LogP contribution < -0.4 is 5.32 Å². The first-order chi connectivity index (χ1) is 12.3. The van der Waals surface area contributed by atoms with E-state index in [1.54, 1.807) is 25.1 Å².